The molecule has 3 heterocycles. The molecule has 1 N–H and O–H groups in total. The molecular weight excluding hydrogens is 290 g/mol. The van der Waals surface area contributed by atoms with E-state index >= 15 is 0 Å². The van der Waals surface area contributed by atoms with Crippen molar-refractivity contribution in [3.63, 3.8) is 0 Å². The van der Waals surface area contributed by atoms with Crippen molar-refractivity contribution in [1.29, 1.82) is 0 Å². The number of aliphatic hydroxyl groups is 1. The maximum atomic E-state index is 12.2. The smallest absolute Gasteiger partial charge is 0.311 e. The van der Waals surface area contributed by atoms with Crippen LogP contribution in [-0.2, 0) is 20.9 Å². The van der Waals surface area contributed by atoms with Gasteiger partial charge in [0, 0.05) is 19.5 Å². The van der Waals surface area contributed by atoms with E-state index in [0.717, 1.165) is 0 Å². The maximum absolute atomic E-state index is 12.2. The van der Waals surface area contributed by atoms with Gasteiger partial charge in [-0.2, -0.15) is 0 Å². The number of hydrogen-bond donors (Lipinski definition) is 1. The topological polar surface area (TPSA) is 110 Å². The van der Waals surface area contributed by atoms with E-state index in [1.54, 1.807) is 4.57 Å². The van der Waals surface area contributed by atoms with E-state index in [9.17, 15) is 9.59 Å². The van der Waals surface area contributed by atoms with Crippen LogP contribution in [0.4, 0.5) is 5.82 Å². The van der Waals surface area contributed by atoms with Crippen LogP contribution in [0.1, 0.15) is 6.42 Å². The Hall–Kier alpha value is -2.55. The van der Waals surface area contributed by atoms with E-state index in [0.29, 0.717) is 23.5 Å². The third-order valence-corrected chi connectivity index (χ3v) is 3.64. The Morgan fingerprint density at radius 2 is 2.27 bits per heavy atom. The summed E-state index contributed by atoms with van der Waals surface area (Å²) >= 11 is 0. The first kappa shape index (κ1) is 14.4. The van der Waals surface area contributed by atoms with E-state index in [1.165, 1.54) is 24.7 Å². The lowest BCUT2D eigenvalue weighted by Gasteiger charge is -2.15. The number of imidazole rings is 1. The zero-order valence-electron chi connectivity index (χ0n) is 12.0. The van der Waals surface area contributed by atoms with E-state index in [-0.39, 0.29) is 25.5 Å². The molecule has 9 nitrogen and oxygen atoms in total. The van der Waals surface area contributed by atoms with Gasteiger partial charge in [-0.15, -0.1) is 0 Å². The average Bonchev–Trinajstić information content (AvgIpc) is 3.11. The molecule has 0 saturated carbocycles. The third kappa shape index (κ3) is 2.29. The predicted molar refractivity (Wildman–Crippen MR) is 74.9 cm³/mol. The van der Waals surface area contributed by atoms with Crippen molar-refractivity contribution in [3.8, 4) is 0 Å². The van der Waals surface area contributed by atoms with Crippen molar-refractivity contribution < 1.29 is 19.4 Å². The molecule has 1 saturated heterocycles. The van der Waals surface area contributed by atoms with Crippen LogP contribution in [0, 0.1) is 5.92 Å². The normalized spacial score (nSPS) is 18.2. The third-order valence-electron chi connectivity index (χ3n) is 3.64. The Morgan fingerprint density at radius 1 is 1.45 bits per heavy atom. The van der Waals surface area contributed by atoms with Gasteiger partial charge in [-0.3, -0.25) is 14.5 Å². The van der Waals surface area contributed by atoms with E-state index in [2.05, 4.69) is 15.0 Å². The summed E-state index contributed by atoms with van der Waals surface area (Å²) < 4.78 is 6.37. The molecule has 0 spiro atoms. The second kappa shape index (κ2) is 5.68. The number of aromatic nitrogens is 4. The number of hydrogen-bond acceptors (Lipinski definition) is 7. The summed E-state index contributed by atoms with van der Waals surface area (Å²) in [6.07, 6.45) is 2.97. The number of methoxy groups -OCH3 is 1. The molecule has 1 atom stereocenters. The molecule has 116 valence electrons. The molecular formula is C13H15N5O4. The second-order valence-corrected chi connectivity index (χ2v) is 4.96. The number of anilines is 1. The number of esters is 1. The Labute approximate surface area is 125 Å². The minimum Gasteiger partial charge on any atom is -0.469 e. The highest BCUT2D eigenvalue weighted by atomic mass is 16.5. The van der Waals surface area contributed by atoms with Gasteiger partial charge in [-0.1, -0.05) is 0 Å². The number of carbonyl (C=O) groups excluding carboxylic acids is 2. The summed E-state index contributed by atoms with van der Waals surface area (Å²) in [5.74, 6) is -0.737. The molecule has 2 aromatic rings. The van der Waals surface area contributed by atoms with Gasteiger partial charge in [0.05, 0.1) is 26.0 Å². The summed E-state index contributed by atoms with van der Waals surface area (Å²) in [4.78, 5) is 37.7. The molecule has 1 unspecified atom stereocenters. The highest BCUT2D eigenvalue weighted by Crippen LogP contribution is 2.28. The molecule has 3 rings (SSSR count). The molecule has 1 aliphatic rings. The van der Waals surface area contributed by atoms with Crippen LogP contribution >= 0.6 is 0 Å². The molecule has 1 fully saturated rings. The number of carbonyl (C=O) groups is 2. The van der Waals surface area contributed by atoms with Gasteiger partial charge in [0.2, 0.25) is 5.91 Å². The van der Waals surface area contributed by atoms with Gasteiger partial charge < -0.3 is 14.4 Å². The zero-order valence-corrected chi connectivity index (χ0v) is 12.0. The minimum atomic E-state index is -0.498. The number of ether oxygens (including phenoxy) is 1. The van der Waals surface area contributed by atoms with Gasteiger partial charge >= 0.3 is 5.97 Å². The van der Waals surface area contributed by atoms with E-state index in [4.69, 9.17) is 9.84 Å². The van der Waals surface area contributed by atoms with Crippen molar-refractivity contribution in [2.75, 3.05) is 25.2 Å². The van der Waals surface area contributed by atoms with Crippen molar-refractivity contribution in [2.24, 2.45) is 5.92 Å². The van der Waals surface area contributed by atoms with Gasteiger partial charge in [0.25, 0.3) is 0 Å². The fourth-order valence-corrected chi connectivity index (χ4v) is 2.57. The summed E-state index contributed by atoms with van der Waals surface area (Å²) in [6, 6.07) is 0. The van der Waals surface area contributed by atoms with Crippen molar-refractivity contribution in [3.05, 3.63) is 12.7 Å². The molecule has 0 aliphatic carbocycles. The number of fused-ring (bicyclic) bond motifs is 1. The minimum absolute atomic E-state index is 0.0438. The van der Waals surface area contributed by atoms with Crippen molar-refractivity contribution >= 4 is 28.9 Å². The number of rotatable bonds is 4. The van der Waals surface area contributed by atoms with Gasteiger partial charge in [0.1, 0.15) is 6.33 Å². The van der Waals surface area contributed by atoms with E-state index < -0.39 is 11.9 Å². The average molecular weight is 305 g/mol. The Balaban J connectivity index is 1.97. The monoisotopic (exact) mass is 305 g/mol. The Morgan fingerprint density at radius 3 is 3.00 bits per heavy atom. The standard InChI is InChI=1S/C13H15N5O4/c1-22-13(21)8-4-9(20)18(5-8)12-10-11(14-6-15-12)17(2-3-19)7-16-10/h6-8,19H,2-5H2,1H3. The molecule has 0 radical (unpaired) electrons. The fourth-order valence-electron chi connectivity index (χ4n) is 2.57. The lowest BCUT2D eigenvalue weighted by molar-refractivity contribution is -0.145. The Bertz CT molecular complexity index is 728. The molecule has 0 bridgehead atoms. The van der Waals surface area contributed by atoms with Crippen LogP contribution in [0.2, 0.25) is 0 Å². The first-order valence-corrected chi connectivity index (χ1v) is 6.80. The first-order valence-electron chi connectivity index (χ1n) is 6.80. The van der Waals surface area contributed by atoms with Gasteiger partial charge in [-0.25, -0.2) is 15.0 Å². The molecule has 1 amide bonds. The fraction of sp³-hybridized carbons (Fsp3) is 0.462. The first-order chi connectivity index (χ1) is 10.7. The van der Waals surface area contributed by atoms with Gasteiger partial charge in [-0.05, 0) is 0 Å². The second-order valence-electron chi connectivity index (χ2n) is 4.96. The van der Waals surface area contributed by atoms with Crippen LogP contribution in [0.3, 0.4) is 0 Å². The summed E-state index contributed by atoms with van der Waals surface area (Å²) in [5, 5.41) is 9.04. The van der Waals surface area contributed by atoms with Crippen LogP contribution in [0.5, 0.6) is 0 Å². The van der Waals surface area contributed by atoms with Crippen molar-refractivity contribution in [2.45, 2.75) is 13.0 Å². The molecule has 0 aromatic carbocycles. The van der Waals surface area contributed by atoms with Gasteiger partial charge in [0.15, 0.2) is 17.0 Å². The highest BCUT2D eigenvalue weighted by molar-refractivity contribution is 6.03. The van der Waals surface area contributed by atoms with Crippen LogP contribution in [0.25, 0.3) is 11.2 Å². The number of amides is 1. The highest BCUT2D eigenvalue weighted by Gasteiger charge is 2.37. The number of nitrogens with zero attached hydrogens (tertiary/aromatic N) is 5. The lowest BCUT2D eigenvalue weighted by atomic mass is 10.1. The molecule has 1 aliphatic heterocycles. The van der Waals surface area contributed by atoms with Crippen LogP contribution < -0.4 is 4.90 Å². The molecule has 22 heavy (non-hydrogen) atoms. The quantitative estimate of drug-likeness (QED) is 0.747. The van der Waals surface area contributed by atoms with Crippen molar-refractivity contribution in [1.82, 2.24) is 19.5 Å². The molecule has 2 aromatic heterocycles. The summed E-state index contributed by atoms with van der Waals surface area (Å²) in [5.41, 5.74) is 1.00. The summed E-state index contributed by atoms with van der Waals surface area (Å²) in [6.45, 7) is 0.522. The molecule has 9 heteroatoms. The summed E-state index contributed by atoms with van der Waals surface area (Å²) in [7, 11) is 1.30. The Kier molecular flexibility index (Phi) is 3.72. The lowest BCUT2D eigenvalue weighted by Crippen LogP contribution is -2.27. The zero-order chi connectivity index (χ0) is 15.7. The SMILES string of the molecule is COC(=O)C1CC(=O)N(c2ncnc3c2ncn3CCO)C1. The predicted octanol–water partition coefficient (Wildman–Crippen LogP) is -0.656. The van der Waals surface area contributed by atoms with E-state index in [1.807, 2.05) is 0 Å². The van der Waals surface area contributed by atoms with Crippen LogP contribution in [0.15, 0.2) is 12.7 Å². The maximum Gasteiger partial charge on any atom is 0.311 e. The van der Waals surface area contributed by atoms with Crippen LogP contribution in [-0.4, -0.2) is 56.8 Å². The number of aliphatic hydroxyl groups excluding tert-OH is 1. The largest absolute Gasteiger partial charge is 0.469 e.